The molecule has 0 heterocycles. The van der Waals surface area contributed by atoms with Crippen molar-refractivity contribution in [1.82, 2.24) is 5.32 Å². The Bertz CT molecular complexity index is 1150. The van der Waals surface area contributed by atoms with Crippen LogP contribution in [0.25, 0.3) is 0 Å². The first-order chi connectivity index (χ1) is 23.1. The van der Waals surface area contributed by atoms with Crippen molar-refractivity contribution in [3.8, 4) is 0 Å². The first-order valence-corrected chi connectivity index (χ1v) is 18.6. The Kier molecular flexibility index (Phi) is 33.8. The molecule has 0 saturated carbocycles. The fraction of sp³-hybridized carbons (Fsp3) is 0.744. The molecule has 0 aromatic heterocycles. The fourth-order valence-electron chi connectivity index (χ4n) is 2.68. The van der Waals surface area contributed by atoms with Gasteiger partial charge in [0.1, 0.15) is 12.6 Å². The summed E-state index contributed by atoms with van der Waals surface area (Å²) < 4.78 is 1.42. The number of nitrogens with zero attached hydrogens (tertiary/aromatic N) is 6. The average molecular weight is 732 g/mol. The van der Waals surface area contributed by atoms with Gasteiger partial charge in [0.25, 0.3) is 0 Å². The molecule has 0 aliphatic rings. The van der Waals surface area contributed by atoms with Crippen molar-refractivity contribution in [3.63, 3.8) is 0 Å². The molecule has 2 N–H and O–H groups in total. The SMILES string of the molecule is C=C(CN=C(C)C)C(C)(C)C.C=C(CN=C(C)C)NC(C)(C)C.C=C(CN=C(C)C)[N+](=N)C(C)(C)C.CC(C)=NCC(C)C.CC(C)=NOC(C)C. The van der Waals surface area contributed by atoms with Crippen LogP contribution in [0, 0.1) is 16.9 Å². The highest BCUT2D eigenvalue weighted by atomic mass is 16.6. The van der Waals surface area contributed by atoms with Gasteiger partial charge in [-0.25, -0.2) is 0 Å². The second kappa shape index (κ2) is 30.3. The quantitative estimate of drug-likeness (QED) is 0.0685. The van der Waals surface area contributed by atoms with Gasteiger partial charge in [-0.05, 0) is 122 Å². The summed E-state index contributed by atoms with van der Waals surface area (Å²) in [7, 11) is 0. The molecule has 0 aliphatic carbocycles. The van der Waals surface area contributed by atoms with Gasteiger partial charge in [-0.2, -0.15) is 0 Å². The third kappa shape index (κ3) is 53.6. The van der Waals surface area contributed by atoms with Gasteiger partial charge in [-0.15, -0.1) is 0 Å². The van der Waals surface area contributed by atoms with E-state index in [9.17, 15) is 0 Å². The van der Waals surface area contributed by atoms with E-state index in [1.165, 1.54) is 16.0 Å². The smallest absolute Gasteiger partial charge is 0.222 e. The molecule has 0 radical (unpaired) electrons. The zero-order valence-electron chi connectivity index (χ0n) is 38.7. The van der Waals surface area contributed by atoms with Gasteiger partial charge in [0.05, 0.1) is 18.8 Å². The summed E-state index contributed by atoms with van der Waals surface area (Å²) in [5, 5.41) is 7.01. The zero-order chi connectivity index (χ0) is 42.6. The van der Waals surface area contributed by atoms with Crippen LogP contribution in [0.15, 0.2) is 61.8 Å². The van der Waals surface area contributed by atoms with E-state index in [2.05, 4.69) is 106 Å². The Balaban J connectivity index is -0.000000179. The van der Waals surface area contributed by atoms with E-state index in [4.69, 9.17) is 10.4 Å². The van der Waals surface area contributed by atoms with E-state index in [0.29, 0.717) is 19.0 Å². The van der Waals surface area contributed by atoms with Crippen LogP contribution in [-0.4, -0.2) is 76.6 Å². The van der Waals surface area contributed by atoms with Crippen LogP contribution >= 0.6 is 0 Å². The molecule has 0 amide bonds. The molecule has 0 spiro atoms. The Morgan fingerprint density at radius 2 is 1.00 bits per heavy atom. The normalized spacial score (nSPS) is 10.4. The third-order valence-electron chi connectivity index (χ3n) is 5.57. The van der Waals surface area contributed by atoms with Gasteiger partial charge in [0.2, 0.25) is 5.70 Å². The molecular weight excluding hydrogens is 645 g/mol. The minimum absolute atomic E-state index is 0.0915. The van der Waals surface area contributed by atoms with Crippen LogP contribution in [0.3, 0.4) is 0 Å². The van der Waals surface area contributed by atoms with Gasteiger partial charge in [-0.1, -0.05) is 68.7 Å². The molecule has 9 nitrogen and oxygen atoms in total. The summed E-state index contributed by atoms with van der Waals surface area (Å²) >= 11 is 0. The number of hydrogen-bond acceptors (Lipinski definition) is 8. The zero-order valence-corrected chi connectivity index (χ0v) is 38.7. The third-order valence-corrected chi connectivity index (χ3v) is 5.57. The van der Waals surface area contributed by atoms with Crippen molar-refractivity contribution in [2.75, 3.05) is 26.2 Å². The van der Waals surface area contributed by atoms with Crippen molar-refractivity contribution in [2.45, 2.75) is 176 Å². The molecule has 0 bridgehead atoms. The fourth-order valence-corrected chi connectivity index (χ4v) is 2.68. The Morgan fingerprint density at radius 1 is 0.615 bits per heavy atom. The second-order valence-corrected chi connectivity index (χ2v) is 17.6. The lowest BCUT2D eigenvalue weighted by molar-refractivity contribution is -0.633. The van der Waals surface area contributed by atoms with Gasteiger partial charge in [-0.3, -0.25) is 20.0 Å². The Labute approximate surface area is 324 Å². The minimum atomic E-state index is -0.200. The summed E-state index contributed by atoms with van der Waals surface area (Å²) in [6.45, 7) is 61.4. The summed E-state index contributed by atoms with van der Waals surface area (Å²) in [5.74, 6) is 0.699. The van der Waals surface area contributed by atoms with Crippen LogP contribution in [0.5, 0.6) is 0 Å². The molecule has 9 heteroatoms. The summed E-state index contributed by atoms with van der Waals surface area (Å²) in [6.07, 6.45) is 0.199. The van der Waals surface area contributed by atoms with Crippen molar-refractivity contribution in [3.05, 3.63) is 36.7 Å². The number of oxime groups is 1. The number of rotatable bonds is 12. The summed E-state index contributed by atoms with van der Waals surface area (Å²) in [4.78, 5) is 21.9. The van der Waals surface area contributed by atoms with E-state index in [0.717, 1.165) is 47.3 Å². The van der Waals surface area contributed by atoms with Crippen LogP contribution in [0.4, 0.5) is 0 Å². The number of aliphatic imine (C=N–C) groups is 4. The molecule has 52 heavy (non-hydrogen) atoms. The van der Waals surface area contributed by atoms with Crippen LogP contribution < -0.4 is 5.32 Å². The maximum absolute atomic E-state index is 7.74. The average Bonchev–Trinajstić information content (AvgIpc) is 2.94. The highest BCUT2D eigenvalue weighted by Crippen LogP contribution is 2.23. The van der Waals surface area contributed by atoms with Crippen molar-refractivity contribution in [2.24, 2.45) is 36.5 Å². The minimum Gasteiger partial charge on any atom is -0.393 e. The highest BCUT2D eigenvalue weighted by Gasteiger charge is 2.27. The van der Waals surface area contributed by atoms with Crippen LogP contribution in [-0.2, 0) is 4.84 Å². The molecule has 0 aromatic carbocycles. The van der Waals surface area contributed by atoms with Crippen LogP contribution in [0.1, 0.15) is 159 Å². The Morgan fingerprint density at radius 3 is 1.25 bits per heavy atom. The predicted molar refractivity (Wildman–Crippen MR) is 237 cm³/mol. The van der Waals surface area contributed by atoms with E-state index in [1.54, 1.807) is 0 Å². The van der Waals surface area contributed by atoms with Crippen LogP contribution in [0.2, 0.25) is 0 Å². The molecule has 0 saturated heterocycles. The summed E-state index contributed by atoms with van der Waals surface area (Å²) in [6, 6.07) is 0. The number of hydrogen-bond donors (Lipinski definition) is 2. The largest absolute Gasteiger partial charge is 0.393 e. The molecule has 0 aliphatic heterocycles. The lowest BCUT2D eigenvalue weighted by Crippen LogP contribution is -2.35. The van der Waals surface area contributed by atoms with Gasteiger partial charge in [0.15, 0.2) is 5.54 Å². The van der Waals surface area contributed by atoms with Gasteiger partial charge >= 0.3 is 0 Å². The molecule has 0 unspecified atom stereocenters. The van der Waals surface area contributed by atoms with Crippen molar-refractivity contribution in [1.29, 1.82) is 5.53 Å². The maximum Gasteiger partial charge on any atom is 0.222 e. The molecule has 0 fully saturated rings. The molecule has 304 valence electrons. The molecule has 0 aromatic rings. The second-order valence-electron chi connectivity index (χ2n) is 17.6. The van der Waals surface area contributed by atoms with E-state index in [-0.39, 0.29) is 22.6 Å². The highest BCUT2D eigenvalue weighted by molar-refractivity contribution is 5.80. The standard InChI is InChI=1S/C10H20N3.C10H20N2.C10H19N.C7H15N.C6H13NO/c1-8(2)12-7-9(3)13(11)10(4,5)6;1-8(2)11-7-9(3)12-10(4,5)6;1-8(2)11-7-9(3)10(4,5)6;1-6(2)5-8-7(3)4;1-5(2)7-8-6(3)4/h11H,3,7H2,1-2,4-6H3;12H,3,7H2,1-2,4-6H3;3,7H2,1-2,4-6H3;6H,5H2,1-4H3;6H,1-4H3/q+1;;;;. The van der Waals surface area contributed by atoms with E-state index in [1.807, 2.05) is 104 Å². The van der Waals surface area contributed by atoms with Crippen molar-refractivity contribution >= 4 is 28.6 Å². The monoisotopic (exact) mass is 732 g/mol. The Hall–Kier alpha value is -3.23. The first kappa shape index (κ1) is 58.1. The number of nitrogens with one attached hydrogen (secondary N) is 2. The first-order valence-electron chi connectivity index (χ1n) is 18.6. The van der Waals surface area contributed by atoms with E-state index < -0.39 is 0 Å². The van der Waals surface area contributed by atoms with Gasteiger partial charge < -0.3 is 10.2 Å². The molecule has 0 atom stereocenters. The van der Waals surface area contributed by atoms with Crippen molar-refractivity contribution < 1.29 is 9.53 Å². The lowest BCUT2D eigenvalue weighted by Gasteiger charge is -2.22. The topological polar surface area (TPSA) is 110 Å². The predicted octanol–water partition coefficient (Wildman–Crippen LogP) is 12.2. The molecule has 0 rings (SSSR count). The molecular formula is C43H87N8O+. The maximum atomic E-state index is 7.74. The lowest BCUT2D eigenvalue weighted by atomic mass is 9.88. The van der Waals surface area contributed by atoms with E-state index >= 15 is 0 Å². The van der Waals surface area contributed by atoms with Gasteiger partial charge in [0, 0.05) is 61.4 Å². The summed E-state index contributed by atoms with van der Waals surface area (Å²) in [5.41, 5.74) is 16.1.